The van der Waals surface area contributed by atoms with Crippen molar-refractivity contribution in [3.63, 3.8) is 0 Å². The van der Waals surface area contributed by atoms with Crippen LogP contribution in [0.1, 0.15) is 42.8 Å². The molecule has 0 unspecified atom stereocenters. The maximum Gasteiger partial charge on any atom is 0.259 e. The van der Waals surface area contributed by atoms with Crippen LogP contribution in [0.5, 0.6) is 0 Å². The molecule has 1 saturated heterocycles. The van der Waals surface area contributed by atoms with Gasteiger partial charge in [-0.15, -0.1) is 0 Å². The van der Waals surface area contributed by atoms with Crippen molar-refractivity contribution in [2.75, 3.05) is 19.6 Å². The van der Waals surface area contributed by atoms with E-state index in [1.807, 2.05) is 13.8 Å². The van der Waals surface area contributed by atoms with Gasteiger partial charge < -0.3 is 14.7 Å². The van der Waals surface area contributed by atoms with Gasteiger partial charge in [0, 0.05) is 19.6 Å². The standard InChI is InChI=1S/C21H25ClFN3O3/c1-12(2)10-24-20(27)14-6-5-9-26(11-14)21(28)17-13(3)29-25-19(17)18-15(22)7-4-8-16(18)23/h4,7-8,12,14H,5-6,9-11H2,1-3H3,(H,24,27)/t14-/m0/s1. The molecular formula is C21H25ClFN3O3. The third-order valence-corrected chi connectivity index (χ3v) is 5.36. The lowest BCUT2D eigenvalue weighted by Gasteiger charge is -2.32. The lowest BCUT2D eigenvalue weighted by Crippen LogP contribution is -2.46. The molecule has 0 spiro atoms. The molecule has 29 heavy (non-hydrogen) atoms. The molecule has 1 fully saturated rings. The Kier molecular flexibility index (Phi) is 6.57. The van der Waals surface area contributed by atoms with Crippen LogP contribution in [0.2, 0.25) is 5.02 Å². The van der Waals surface area contributed by atoms with Crippen molar-refractivity contribution in [2.45, 2.75) is 33.6 Å². The number of carbonyl (C=O) groups excluding carboxylic acids is 2. The maximum absolute atomic E-state index is 14.4. The molecule has 0 radical (unpaired) electrons. The average Bonchev–Trinajstić information content (AvgIpc) is 3.06. The molecule has 0 saturated carbocycles. The molecule has 8 heteroatoms. The normalized spacial score (nSPS) is 16.9. The fourth-order valence-electron chi connectivity index (χ4n) is 3.50. The summed E-state index contributed by atoms with van der Waals surface area (Å²) in [4.78, 5) is 27.3. The van der Waals surface area contributed by atoms with Gasteiger partial charge in [-0.1, -0.05) is 36.7 Å². The molecular weight excluding hydrogens is 397 g/mol. The van der Waals surface area contributed by atoms with Gasteiger partial charge in [0.05, 0.1) is 16.5 Å². The quantitative estimate of drug-likeness (QED) is 0.789. The van der Waals surface area contributed by atoms with Crippen LogP contribution in [-0.2, 0) is 4.79 Å². The highest BCUT2D eigenvalue weighted by Gasteiger charge is 2.33. The van der Waals surface area contributed by atoms with Gasteiger partial charge in [0.2, 0.25) is 5.91 Å². The van der Waals surface area contributed by atoms with Crippen molar-refractivity contribution in [2.24, 2.45) is 11.8 Å². The van der Waals surface area contributed by atoms with Gasteiger partial charge in [0.15, 0.2) is 0 Å². The van der Waals surface area contributed by atoms with Crippen LogP contribution >= 0.6 is 11.6 Å². The second-order valence-corrected chi connectivity index (χ2v) is 8.20. The van der Waals surface area contributed by atoms with Crippen LogP contribution in [0.3, 0.4) is 0 Å². The van der Waals surface area contributed by atoms with E-state index in [1.165, 1.54) is 18.2 Å². The summed E-state index contributed by atoms with van der Waals surface area (Å²) >= 11 is 6.16. The summed E-state index contributed by atoms with van der Waals surface area (Å²) in [5.41, 5.74) is 0.305. The van der Waals surface area contributed by atoms with Crippen LogP contribution in [0.15, 0.2) is 22.7 Å². The predicted molar refractivity (Wildman–Crippen MR) is 108 cm³/mol. The van der Waals surface area contributed by atoms with Crippen molar-refractivity contribution in [1.29, 1.82) is 0 Å². The van der Waals surface area contributed by atoms with Gasteiger partial charge in [-0.2, -0.15) is 0 Å². The zero-order valence-corrected chi connectivity index (χ0v) is 17.6. The molecule has 0 aliphatic carbocycles. The number of likely N-dealkylation sites (tertiary alicyclic amines) is 1. The number of rotatable bonds is 5. The first-order valence-electron chi connectivity index (χ1n) is 9.77. The summed E-state index contributed by atoms with van der Waals surface area (Å²) in [6, 6.07) is 4.28. The summed E-state index contributed by atoms with van der Waals surface area (Å²) in [6.45, 7) is 7.08. The van der Waals surface area contributed by atoms with E-state index in [2.05, 4.69) is 10.5 Å². The number of piperidine rings is 1. The SMILES string of the molecule is Cc1onc(-c2c(F)cccc2Cl)c1C(=O)N1CCC[C@H](C(=O)NCC(C)C)C1. The van der Waals surface area contributed by atoms with E-state index in [9.17, 15) is 14.0 Å². The Balaban J connectivity index is 1.84. The molecule has 6 nitrogen and oxygen atoms in total. The molecule has 3 rings (SSSR count). The number of carbonyl (C=O) groups is 2. The van der Waals surface area contributed by atoms with Gasteiger partial charge in [-0.05, 0) is 37.8 Å². The summed E-state index contributed by atoms with van der Waals surface area (Å²) in [5.74, 6) is -0.588. The number of aromatic nitrogens is 1. The summed E-state index contributed by atoms with van der Waals surface area (Å²) in [7, 11) is 0. The summed E-state index contributed by atoms with van der Waals surface area (Å²) < 4.78 is 19.6. The topological polar surface area (TPSA) is 75.4 Å². The number of benzene rings is 1. The smallest absolute Gasteiger partial charge is 0.259 e. The summed E-state index contributed by atoms with van der Waals surface area (Å²) in [6.07, 6.45) is 1.44. The molecule has 1 atom stereocenters. The first-order valence-corrected chi connectivity index (χ1v) is 10.1. The molecule has 1 aromatic carbocycles. The Morgan fingerprint density at radius 1 is 1.41 bits per heavy atom. The molecule has 1 aliphatic rings. The van der Waals surface area contributed by atoms with Crippen molar-refractivity contribution in [3.8, 4) is 11.3 Å². The minimum Gasteiger partial charge on any atom is -0.360 e. The first kappa shape index (κ1) is 21.3. The van der Waals surface area contributed by atoms with Crippen molar-refractivity contribution < 1.29 is 18.5 Å². The van der Waals surface area contributed by atoms with E-state index in [4.69, 9.17) is 16.1 Å². The highest BCUT2D eigenvalue weighted by atomic mass is 35.5. The van der Waals surface area contributed by atoms with Crippen LogP contribution in [0.25, 0.3) is 11.3 Å². The number of hydrogen-bond donors (Lipinski definition) is 1. The highest BCUT2D eigenvalue weighted by molar-refractivity contribution is 6.33. The largest absolute Gasteiger partial charge is 0.360 e. The minimum absolute atomic E-state index is 0.0394. The second-order valence-electron chi connectivity index (χ2n) is 7.79. The minimum atomic E-state index is -0.579. The van der Waals surface area contributed by atoms with Gasteiger partial charge >= 0.3 is 0 Å². The molecule has 1 aromatic heterocycles. The molecule has 2 heterocycles. The van der Waals surface area contributed by atoms with Crippen molar-refractivity contribution >= 4 is 23.4 Å². The highest BCUT2D eigenvalue weighted by Crippen LogP contribution is 2.34. The van der Waals surface area contributed by atoms with Gasteiger partial charge in [0.1, 0.15) is 22.8 Å². The number of amides is 2. The van der Waals surface area contributed by atoms with Gasteiger partial charge in [-0.25, -0.2) is 4.39 Å². The second kappa shape index (κ2) is 8.95. The molecule has 1 N–H and O–H groups in total. The zero-order valence-electron chi connectivity index (χ0n) is 16.8. The third kappa shape index (κ3) is 4.61. The number of nitrogens with one attached hydrogen (secondary N) is 1. The number of aryl methyl sites for hydroxylation is 1. The van der Waals surface area contributed by atoms with Gasteiger partial charge in [-0.3, -0.25) is 9.59 Å². The van der Waals surface area contributed by atoms with E-state index in [0.29, 0.717) is 32.0 Å². The van der Waals surface area contributed by atoms with Crippen LogP contribution in [0.4, 0.5) is 4.39 Å². The zero-order chi connectivity index (χ0) is 21.1. The molecule has 2 amide bonds. The number of nitrogens with zero attached hydrogens (tertiary/aromatic N) is 2. The average molecular weight is 422 g/mol. The first-order chi connectivity index (χ1) is 13.8. The Labute approximate surface area is 174 Å². The fourth-order valence-corrected chi connectivity index (χ4v) is 3.75. The fraction of sp³-hybridized carbons (Fsp3) is 0.476. The van der Waals surface area contributed by atoms with E-state index in [0.717, 1.165) is 6.42 Å². The molecule has 2 aromatic rings. The Bertz CT molecular complexity index is 892. The third-order valence-electron chi connectivity index (χ3n) is 5.04. The Morgan fingerprint density at radius 3 is 2.86 bits per heavy atom. The van der Waals surface area contributed by atoms with Crippen LogP contribution in [0, 0.1) is 24.6 Å². The van der Waals surface area contributed by atoms with Crippen molar-refractivity contribution in [1.82, 2.24) is 15.4 Å². The van der Waals surface area contributed by atoms with Crippen LogP contribution < -0.4 is 5.32 Å². The Morgan fingerprint density at radius 2 is 2.17 bits per heavy atom. The summed E-state index contributed by atoms with van der Waals surface area (Å²) in [5, 5.41) is 6.99. The lowest BCUT2D eigenvalue weighted by atomic mass is 9.95. The molecule has 156 valence electrons. The molecule has 0 bridgehead atoms. The van der Waals surface area contributed by atoms with E-state index in [-0.39, 0.29) is 45.3 Å². The van der Waals surface area contributed by atoms with E-state index in [1.54, 1.807) is 11.8 Å². The lowest BCUT2D eigenvalue weighted by molar-refractivity contribution is -0.126. The Hall–Kier alpha value is -2.41. The number of hydrogen-bond acceptors (Lipinski definition) is 4. The predicted octanol–water partition coefficient (Wildman–Crippen LogP) is 4.07. The van der Waals surface area contributed by atoms with E-state index < -0.39 is 5.82 Å². The van der Waals surface area contributed by atoms with Crippen molar-refractivity contribution in [3.05, 3.63) is 40.4 Å². The molecule has 1 aliphatic heterocycles. The monoisotopic (exact) mass is 421 g/mol. The number of halogens is 2. The maximum atomic E-state index is 14.4. The van der Waals surface area contributed by atoms with Gasteiger partial charge in [0.25, 0.3) is 5.91 Å². The van der Waals surface area contributed by atoms with Crippen LogP contribution in [-0.4, -0.2) is 41.5 Å². The van der Waals surface area contributed by atoms with E-state index >= 15 is 0 Å².